The van der Waals surface area contributed by atoms with E-state index in [-0.39, 0.29) is 19.1 Å². The van der Waals surface area contributed by atoms with Crippen molar-refractivity contribution in [3.8, 4) is 5.75 Å². The minimum atomic E-state index is -0.462. The van der Waals surface area contributed by atoms with Gasteiger partial charge < -0.3 is 14.8 Å². The summed E-state index contributed by atoms with van der Waals surface area (Å²) in [5.74, 6) is -0.198. The van der Waals surface area contributed by atoms with E-state index < -0.39 is 5.97 Å². The van der Waals surface area contributed by atoms with E-state index in [0.29, 0.717) is 11.4 Å². The third kappa shape index (κ3) is 4.27. The lowest BCUT2D eigenvalue weighted by atomic mass is 10.2. The zero-order valence-electron chi connectivity index (χ0n) is 12.1. The zero-order chi connectivity index (χ0) is 15.9. The number of tetrazole rings is 1. The molecule has 1 aromatic heterocycles. The minimum Gasteiger partial charge on any atom is -0.482 e. The molecule has 116 valence electrons. The first kappa shape index (κ1) is 15.4. The van der Waals surface area contributed by atoms with Gasteiger partial charge in [0.25, 0.3) is 0 Å². The predicted molar refractivity (Wildman–Crippen MR) is 75.1 cm³/mol. The van der Waals surface area contributed by atoms with Crippen LogP contribution in [0.5, 0.6) is 5.75 Å². The van der Waals surface area contributed by atoms with Crippen LogP contribution >= 0.6 is 0 Å². The van der Waals surface area contributed by atoms with Gasteiger partial charge >= 0.3 is 5.97 Å². The topological polar surface area (TPSA) is 108 Å². The summed E-state index contributed by atoms with van der Waals surface area (Å²) in [4.78, 5) is 22.9. The van der Waals surface area contributed by atoms with Gasteiger partial charge in [-0.2, -0.15) is 0 Å². The van der Waals surface area contributed by atoms with Crippen molar-refractivity contribution in [3.63, 3.8) is 0 Å². The molecule has 9 nitrogen and oxygen atoms in total. The number of nitrogens with zero attached hydrogens (tertiary/aromatic N) is 4. The fraction of sp³-hybridized carbons (Fsp3) is 0.308. The second kappa shape index (κ2) is 7.16. The summed E-state index contributed by atoms with van der Waals surface area (Å²) >= 11 is 0. The molecule has 1 N–H and O–H groups in total. The molecular formula is C13H15N5O4. The van der Waals surface area contributed by atoms with Crippen molar-refractivity contribution in [1.82, 2.24) is 20.2 Å². The van der Waals surface area contributed by atoms with E-state index in [9.17, 15) is 9.59 Å². The van der Waals surface area contributed by atoms with Crippen LogP contribution in [0.25, 0.3) is 0 Å². The van der Waals surface area contributed by atoms with E-state index in [4.69, 9.17) is 4.74 Å². The Hall–Kier alpha value is -2.97. The summed E-state index contributed by atoms with van der Waals surface area (Å²) in [7, 11) is 1.29. The smallest absolute Gasteiger partial charge is 0.343 e. The zero-order valence-corrected chi connectivity index (χ0v) is 12.1. The number of anilines is 1. The lowest BCUT2D eigenvalue weighted by molar-refractivity contribution is -0.142. The van der Waals surface area contributed by atoms with Gasteiger partial charge in [-0.1, -0.05) is 0 Å². The van der Waals surface area contributed by atoms with Crippen molar-refractivity contribution < 1.29 is 19.1 Å². The fourth-order valence-corrected chi connectivity index (χ4v) is 1.66. The molecule has 0 fully saturated rings. The number of aryl methyl sites for hydroxylation is 1. The largest absolute Gasteiger partial charge is 0.482 e. The van der Waals surface area contributed by atoms with Crippen molar-refractivity contribution >= 4 is 17.6 Å². The average molecular weight is 305 g/mol. The fourth-order valence-electron chi connectivity index (χ4n) is 1.66. The summed E-state index contributed by atoms with van der Waals surface area (Å²) in [6.07, 6.45) is 1.36. The maximum atomic E-state index is 11.9. The van der Waals surface area contributed by atoms with Crippen LogP contribution in [-0.4, -0.2) is 45.8 Å². The third-order valence-corrected chi connectivity index (χ3v) is 2.75. The van der Waals surface area contributed by atoms with E-state index >= 15 is 0 Å². The Morgan fingerprint density at radius 2 is 2.18 bits per heavy atom. The van der Waals surface area contributed by atoms with E-state index in [0.717, 1.165) is 5.56 Å². The van der Waals surface area contributed by atoms with E-state index in [2.05, 4.69) is 25.6 Å². The molecule has 0 aliphatic carbocycles. The predicted octanol–water partition coefficient (Wildman–Crippen LogP) is 0.172. The maximum Gasteiger partial charge on any atom is 0.343 e. The van der Waals surface area contributed by atoms with Gasteiger partial charge in [-0.05, 0) is 41.1 Å². The average Bonchev–Trinajstić information content (AvgIpc) is 3.00. The minimum absolute atomic E-state index is 0.0209. The number of amides is 1. The number of esters is 1. The number of rotatable bonds is 6. The lowest BCUT2D eigenvalue weighted by Gasteiger charge is -2.10. The summed E-state index contributed by atoms with van der Waals surface area (Å²) in [5, 5.41) is 13.3. The Morgan fingerprint density at radius 1 is 1.36 bits per heavy atom. The highest BCUT2D eigenvalue weighted by Crippen LogP contribution is 2.21. The molecule has 22 heavy (non-hydrogen) atoms. The van der Waals surface area contributed by atoms with Gasteiger partial charge in [-0.15, -0.1) is 5.10 Å². The monoisotopic (exact) mass is 305 g/mol. The van der Waals surface area contributed by atoms with Gasteiger partial charge in [0.15, 0.2) is 6.61 Å². The van der Waals surface area contributed by atoms with Crippen molar-refractivity contribution in [2.75, 3.05) is 19.0 Å². The van der Waals surface area contributed by atoms with Crippen LogP contribution in [0.1, 0.15) is 5.56 Å². The molecule has 0 aliphatic rings. The van der Waals surface area contributed by atoms with Gasteiger partial charge in [-0.25, -0.2) is 9.48 Å². The number of carbonyl (C=O) groups is 2. The van der Waals surface area contributed by atoms with E-state index in [1.54, 1.807) is 18.2 Å². The number of benzene rings is 1. The van der Waals surface area contributed by atoms with Crippen LogP contribution in [-0.2, 0) is 20.9 Å². The van der Waals surface area contributed by atoms with Gasteiger partial charge in [0.05, 0.1) is 7.11 Å². The number of hydrogen-bond donors (Lipinski definition) is 1. The molecule has 0 unspecified atom stereocenters. The second-order valence-corrected chi connectivity index (χ2v) is 4.40. The Bertz CT molecular complexity index is 656. The first-order chi connectivity index (χ1) is 10.6. The number of nitrogens with one attached hydrogen (secondary N) is 1. The Kier molecular flexibility index (Phi) is 5.02. The highest BCUT2D eigenvalue weighted by molar-refractivity contribution is 5.91. The molecule has 0 radical (unpaired) electrons. The van der Waals surface area contributed by atoms with Gasteiger partial charge in [-0.3, -0.25) is 4.79 Å². The third-order valence-electron chi connectivity index (χ3n) is 2.75. The number of hydrogen-bond acceptors (Lipinski definition) is 7. The van der Waals surface area contributed by atoms with E-state index in [1.807, 2.05) is 6.92 Å². The standard InChI is InChI=1S/C13H15N5O4/c1-9-5-10(22-7-13(20)21-2)3-4-11(9)15-12(19)6-18-8-14-16-17-18/h3-5,8H,6-7H2,1-2H3,(H,15,19). The quantitative estimate of drug-likeness (QED) is 0.758. The normalized spacial score (nSPS) is 10.1. The van der Waals surface area contributed by atoms with Gasteiger partial charge in [0, 0.05) is 5.69 Å². The number of aromatic nitrogens is 4. The van der Waals surface area contributed by atoms with Crippen LogP contribution in [0.4, 0.5) is 5.69 Å². The molecule has 9 heteroatoms. The molecule has 0 atom stereocenters. The van der Waals surface area contributed by atoms with Crippen molar-refractivity contribution in [2.45, 2.75) is 13.5 Å². The Morgan fingerprint density at radius 3 is 2.82 bits per heavy atom. The molecule has 1 heterocycles. The molecule has 0 saturated heterocycles. The molecule has 0 saturated carbocycles. The first-order valence-electron chi connectivity index (χ1n) is 6.39. The number of carbonyl (C=O) groups excluding carboxylic acids is 2. The van der Waals surface area contributed by atoms with Crippen LogP contribution in [0.3, 0.4) is 0 Å². The van der Waals surface area contributed by atoms with Crippen LogP contribution in [0.2, 0.25) is 0 Å². The molecule has 1 amide bonds. The van der Waals surface area contributed by atoms with Gasteiger partial charge in [0.1, 0.15) is 18.6 Å². The molecule has 0 bridgehead atoms. The van der Waals surface area contributed by atoms with Crippen molar-refractivity contribution in [3.05, 3.63) is 30.1 Å². The van der Waals surface area contributed by atoms with Crippen LogP contribution in [0, 0.1) is 6.92 Å². The van der Waals surface area contributed by atoms with E-state index in [1.165, 1.54) is 18.1 Å². The summed E-state index contributed by atoms with van der Waals surface area (Å²) in [5.41, 5.74) is 1.44. The van der Waals surface area contributed by atoms with Crippen molar-refractivity contribution in [2.24, 2.45) is 0 Å². The second-order valence-electron chi connectivity index (χ2n) is 4.40. The SMILES string of the molecule is COC(=O)COc1ccc(NC(=O)Cn2cnnn2)c(C)c1. The molecular weight excluding hydrogens is 290 g/mol. The number of ether oxygens (including phenoxy) is 2. The maximum absolute atomic E-state index is 11.9. The highest BCUT2D eigenvalue weighted by atomic mass is 16.6. The van der Waals surface area contributed by atoms with Crippen LogP contribution in [0.15, 0.2) is 24.5 Å². The Balaban J connectivity index is 1.94. The molecule has 0 spiro atoms. The molecule has 1 aromatic carbocycles. The summed E-state index contributed by atoms with van der Waals surface area (Å²) in [6.45, 7) is 1.67. The highest BCUT2D eigenvalue weighted by Gasteiger charge is 2.08. The van der Waals surface area contributed by atoms with Crippen LogP contribution < -0.4 is 10.1 Å². The van der Waals surface area contributed by atoms with Crippen molar-refractivity contribution in [1.29, 1.82) is 0 Å². The summed E-state index contributed by atoms with van der Waals surface area (Å²) in [6, 6.07) is 5.07. The number of methoxy groups -OCH3 is 1. The lowest BCUT2D eigenvalue weighted by Crippen LogP contribution is -2.19. The summed E-state index contributed by atoms with van der Waals surface area (Å²) < 4.78 is 11.1. The molecule has 2 rings (SSSR count). The van der Waals surface area contributed by atoms with Gasteiger partial charge in [0.2, 0.25) is 5.91 Å². The Labute approximate surface area is 126 Å². The molecule has 0 aliphatic heterocycles. The first-order valence-corrected chi connectivity index (χ1v) is 6.39. The molecule has 2 aromatic rings.